The Morgan fingerprint density at radius 3 is 2.79 bits per heavy atom. The van der Waals surface area contributed by atoms with Gasteiger partial charge in [0.15, 0.2) is 0 Å². The average molecular weight is 263 g/mol. The minimum absolute atomic E-state index is 0.158. The Bertz CT molecular complexity index is 435. The Kier molecular flexibility index (Phi) is 4.96. The zero-order valence-electron chi connectivity index (χ0n) is 12.0. The Balaban J connectivity index is 1.83. The lowest BCUT2D eigenvalue weighted by Gasteiger charge is -2.26. The summed E-state index contributed by atoms with van der Waals surface area (Å²) in [5.41, 5.74) is 8.65. The molecule has 0 saturated heterocycles. The molecule has 1 atom stereocenters. The molecule has 106 valence electrons. The minimum atomic E-state index is -0.158. The van der Waals surface area contributed by atoms with E-state index in [9.17, 15) is 0 Å². The van der Waals surface area contributed by atoms with Gasteiger partial charge in [0, 0.05) is 5.70 Å². The summed E-state index contributed by atoms with van der Waals surface area (Å²) in [7, 11) is 0. The van der Waals surface area contributed by atoms with E-state index in [0.717, 1.165) is 18.1 Å². The normalized spacial score (nSPS) is 18.4. The van der Waals surface area contributed by atoms with E-state index in [4.69, 9.17) is 5.73 Å². The van der Waals surface area contributed by atoms with Crippen molar-refractivity contribution >= 4 is 5.95 Å². The molecule has 2 heterocycles. The molecule has 0 saturated carbocycles. The lowest BCUT2D eigenvalue weighted by molar-refractivity contribution is 0.493. The SMILES string of the molecule is CCCCCCCCC1=C(C)Nc2ncnn2C1N. The summed E-state index contributed by atoms with van der Waals surface area (Å²) >= 11 is 0. The number of unbranched alkanes of at least 4 members (excludes halogenated alkanes) is 5. The van der Waals surface area contributed by atoms with Gasteiger partial charge in [0.1, 0.15) is 12.5 Å². The smallest absolute Gasteiger partial charge is 0.227 e. The van der Waals surface area contributed by atoms with Crippen molar-refractivity contribution < 1.29 is 0 Å². The van der Waals surface area contributed by atoms with Gasteiger partial charge in [0.2, 0.25) is 5.95 Å². The van der Waals surface area contributed by atoms with Gasteiger partial charge in [0.25, 0.3) is 0 Å². The van der Waals surface area contributed by atoms with Crippen LogP contribution in [0.2, 0.25) is 0 Å². The van der Waals surface area contributed by atoms with Crippen LogP contribution in [0.3, 0.4) is 0 Å². The van der Waals surface area contributed by atoms with Crippen LogP contribution in [-0.4, -0.2) is 14.8 Å². The predicted octanol–water partition coefficient (Wildman–Crippen LogP) is 3.19. The monoisotopic (exact) mass is 263 g/mol. The first-order valence-corrected chi connectivity index (χ1v) is 7.35. The molecule has 0 radical (unpaired) electrons. The summed E-state index contributed by atoms with van der Waals surface area (Å²) in [6, 6.07) is 0. The second kappa shape index (κ2) is 6.70. The van der Waals surface area contributed by atoms with Crippen LogP contribution < -0.4 is 11.1 Å². The van der Waals surface area contributed by atoms with Crippen molar-refractivity contribution in [3.8, 4) is 0 Å². The molecule has 0 aliphatic carbocycles. The molecule has 1 unspecified atom stereocenters. The van der Waals surface area contributed by atoms with Gasteiger partial charge in [-0.2, -0.15) is 10.1 Å². The molecule has 0 spiro atoms. The number of hydrogen-bond donors (Lipinski definition) is 2. The summed E-state index contributed by atoms with van der Waals surface area (Å²) in [4.78, 5) is 4.15. The summed E-state index contributed by atoms with van der Waals surface area (Å²) in [6.07, 6.45) is 10.3. The third-order valence-electron chi connectivity index (χ3n) is 3.77. The maximum atomic E-state index is 6.25. The van der Waals surface area contributed by atoms with Crippen LogP contribution in [-0.2, 0) is 0 Å². The third-order valence-corrected chi connectivity index (χ3v) is 3.77. The van der Waals surface area contributed by atoms with E-state index in [2.05, 4.69) is 29.2 Å². The lowest BCUT2D eigenvalue weighted by atomic mass is 10.0. The van der Waals surface area contributed by atoms with Crippen molar-refractivity contribution in [1.82, 2.24) is 14.8 Å². The van der Waals surface area contributed by atoms with Crippen LogP contribution in [0.1, 0.15) is 65.0 Å². The standard InChI is InChI=1S/C14H25N5/c1-3-4-5-6-7-8-9-12-11(2)18-14-16-10-17-19(14)13(12)15/h10,13H,3-9,15H2,1-2H3,(H,16,17,18). The molecule has 3 N–H and O–H groups in total. The van der Waals surface area contributed by atoms with Crippen molar-refractivity contribution in [1.29, 1.82) is 0 Å². The van der Waals surface area contributed by atoms with Gasteiger partial charge in [-0.1, -0.05) is 39.0 Å². The lowest BCUT2D eigenvalue weighted by Crippen LogP contribution is -2.29. The molecule has 0 fully saturated rings. The van der Waals surface area contributed by atoms with Crippen molar-refractivity contribution in [2.24, 2.45) is 5.73 Å². The van der Waals surface area contributed by atoms with Gasteiger partial charge in [-0.05, 0) is 25.3 Å². The highest BCUT2D eigenvalue weighted by Crippen LogP contribution is 2.28. The van der Waals surface area contributed by atoms with Gasteiger partial charge < -0.3 is 11.1 Å². The Hall–Kier alpha value is -1.36. The molecule has 19 heavy (non-hydrogen) atoms. The van der Waals surface area contributed by atoms with Crippen LogP contribution in [0.15, 0.2) is 17.6 Å². The molecule has 1 aromatic rings. The number of anilines is 1. The molecule has 5 nitrogen and oxygen atoms in total. The summed E-state index contributed by atoms with van der Waals surface area (Å²) < 4.78 is 1.76. The molecule has 0 amide bonds. The highest BCUT2D eigenvalue weighted by molar-refractivity contribution is 5.41. The van der Waals surface area contributed by atoms with Crippen molar-refractivity contribution in [2.75, 3.05) is 5.32 Å². The second-order valence-corrected chi connectivity index (χ2v) is 5.27. The van der Waals surface area contributed by atoms with Crippen LogP contribution in [0, 0.1) is 0 Å². The van der Waals surface area contributed by atoms with Crippen molar-refractivity contribution in [3.63, 3.8) is 0 Å². The summed E-state index contributed by atoms with van der Waals surface area (Å²) in [6.45, 7) is 4.32. The second-order valence-electron chi connectivity index (χ2n) is 5.27. The Morgan fingerprint density at radius 2 is 2.00 bits per heavy atom. The fourth-order valence-corrected chi connectivity index (χ4v) is 2.59. The first-order chi connectivity index (χ1) is 9.24. The fourth-order valence-electron chi connectivity index (χ4n) is 2.59. The Morgan fingerprint density at radius 1 is 1.26 bits per heavy atom. The zero-order chi connectivity index (χ0) is 13.7. The van der Waals surface area contributed by atoms with E-state index >= 15 is 0 Å². The highest BCUT2D eigenvalue weighted by Gasteiger charge is 2.23. The fraction of sp³-hybridized carbons (Fsp3) is 0.714. The number of hydrogen-bond acceptors (Lipinski definition) is 4. The van der Waals surface area contributed by atoms with Gasteiger partial charge in [-0.15, -0.1) is 0 Å². The largest absolute Gasteiger partial charge is 0.328 e. The molecule has 1 aromatic heterocycles. The first-order valence-electron chi connectivity index (χ1n) is 7.35. The van der Waals surface area contributed by atoms with Crippen LogP contribution in [0.4, 0.5) is 5.95 Å². The van der Waals surface area contributed by atoms with E-state index in [-0.39, 0.29) is 6.17 Å². The summed E-state index contributed by atoms with van der Waals surface area (Å²) in [5, 5.41) is 7.45. The Labute approximate surface area is 115 Å². The molecule has 0 aromatic carbocycles. The minimum Gasteiger partial charge on any atom is -0.328 e. The number of allylic oxidation sites excluding steroid dienone is 1. The zero-order valence-corrected chi connectivity index (χ0v) is 12.0. The number of nitrogens with one attached hydrogen (secondary N) is 1. The van der Waals surface area contributed by atoms with Gasteiger partial charge in [0.05, 0.1) is 0 Å². The molecule has 0 bridgehead atoms. The van der Waals surface area contributed by atoms with Crippen LogP contribution in [0.25, 0.3) is 0 Å². The quantitative estimate of drug-likeness (QED) is 0.741. The first kappa shape index (κ1) is 14.1. The molecule has 1 aliphatic rings. The molecular formula is C14H25N5. The van der Waals surface area contributed by atoms with E-state index in [0.29, 0.717) is 0 Å². The maximum absolute atomic E-state index is 6.25. The third kappa shape index (κ3) is 3.35. The average Bonchev–Trinajstić information content (AvgIpc) is 2.85. The van der Waals surface area contributed by atoms with E-state index in [1.807, 2.05) is 0 Å². The van der Waals surface area contributed by atoms with Gasteiger partial charge in [-0.25, -0.2) is 4.68 Å². The van der Waals surface area contributed by atoms with Crippen molar-refractivity contribution in [2.45, 2.75) is 65.0 Å². The molecule has 2 rings (SSSR count). The topological polar surface area (TPSA) is 68.8 Å². The van der Waals surface area contributed by atoms with Crippen molar-refractivity contribution in [3.05, 3.63) is 17.6 Å². The predicted molar refractivity (Wildman–Crippen MR) is 77.6 cm³/mol. The molecular weight excluding hydrogens is 238 g/mol. The number of nitrogens with zero attached hydrogens (tertiary/aromatic N) is 3. The van der Waals surface area contributed by atoms with E-state index in [1.165, 1.54) is 44.1 Å². The number of aromatic nitrogens is 3. The molecule has 5 heteroatoms. The molecule has 1 aliphatic heterocycles. The number of rotatable bonds is 7. The van der Waals surface area contributed by atoms with Crippen LogP contribution in [0.5, 0.6) is 0 Å². The number of fused-ring (bicyclic) bond motifs is 1. The maximum Gasteiger partial charge on any atom is 0.227 e. The highest BCUT2D eigenvalue weighted by atomic mass is 15.4. The van der Waals surface area contributed by atoms with Gasteiger partial charge >= 0.3 is 0 Å². The van der Waals surface area contributed by atoms with Crippen LogP contribution >= 0.6 is 0 Å². The van der Waals surface area contributed by atoms with E-state index in [1.54, 1.807) is 11.0 Å². The van der Waals surface area contributed by atoms with Gasteiger partial charge in [-0.3, -0.25) is 0 Å². The van der Waals surface area contributed by atoms with E-state index < -0.39 is 0 Å². The summed E-state index contributed by atoms with van der Waals surface area (Å²) in [5.74, 6) is 0.747. The number of nitrogens with two attached hydrogens (primary N) is 1.